The molecule has 126 valence electrons. The second kappa shape index (κ2) is 6.50. The van der Waals surface area contributed by atoms with Gasteiger partial charge in [0.25, 0.3) is 5.91 Å². The summed E-state index contributed by atoms with van der Waals surface area (Å²) in [4.78, 5) is 24.8. The first-order chi connectivity index (χ1) is 12.1. The summed E-state index contributed by atoms with van der Waals surface area (Å²) >= 11 is 7.71. The fourth-order valence-corrected chi connectivity index (χ4v) is 3.99. The SMILES string of the molecule is O=C(Nc1ccc(NC(=O)C2CC2)cc1)c1sc2ccccc2c1Cl. The van der Waals surface area contributed by atoms with Gasteiger partial charge in [-0.05, 0) is 43.2 Å². The molecule has 0 bridgehead atoms. The molecule has 0 atom stereocenters. The summed E-state index contributed by atoms with van der Waals surface area (Å²) in [6, 6.07) is 14.8. The van der Waals surface area contributed by atoms with Crippen LogP contribution in [0.25, 0.3) is 10.1 Å². The number of carbonyl (C=O) groups is 2. The van der Waals surface area contributed by atoms with Crippen LogP contribution in [0.5, 0.6) is 0 Å². The molecule has 2 N–H and O–H groups in total. The summed E-state index contributed by atoms with van der Waals surface area (Å²) in [6.07, 6.45) is 1.94. The molecule has 6 heteroatoms. The highest BCUT2D eigenvalue weighted by atomic mass is 35.5. The minimum Gasteiger partial charge on any atom is -0.326 e. The molecule has 1 aromatic heterocycles. The van der Waals surface area contributed by atoms with Crippen molar-refractivity contribution in [1.29, 1.82) is 0 Å². The summed E-state index contributed by atoms with van der Waals surface area (Å²) in [5, 5.41) is 7.09. The van der Waals surface area contributed by atoms with E-state index in [0.29, 0.717) is 15.6 Å². The van der Waals surface area contributed by atoms with E-state index in [9.17, 15) is 9.59 Å². The van der Waals surface area contributed by atoms with Gasteiger partial charge in [0.2, 0.25) is 5.91 Å². The van der Waals surface area contributed by atoms with Gasteiger partial charge in [-0.3, -0.25) is 9.59 Å². The fraction of sp³-hybridized carbons (Fsp3) is 0.158. The van der Waals surface area contributed by atoms with Crippen molar-refractivity contribution in [1.82, 2.24) is 0 Å². The van der Waals surface area contributed by atoms with Gasteiger partial charge in [0, 0.05) is 27.4 Å². The molecule has 1 heterocycles. The Bertz CT molecular complexity index is 961. The number of nitrogens with one attached hydrogen (secondary N) is 2. The van der Waals surface area contributed by atoms with Crippen LogP contribution in [0.1, 0.15) is 22.5 Å². The van der Waals surface area contributed by atoms with Gasteiger partial charge in [-0.25, -0.2) is 0 Å². The number of hydrogen-bond donors (Lipinski definition) is 2. The Morgan fingerprint density at radius 1 is 0.960 bits per heavy atom. The zero-order valence-electron chi connectivity index (χ0n) is 13.2. The van der Waals surface area contributed by atoms with E-state index in [4.69, 9.17) is 11.6 Å². The van der Waals surface area contributed by atoms with Crippen molar-refractivity contribution in [2.24, 2.45) is 5.92 Å². The van der Waals surface area contributed by atoms with Crippen molar-refractivity contribution in [2.75, 3.05) is 10.6 Å². The number of hydrogen-bond acceptors (Lipinski definition) is 3. The Morgan fingerprint density at radius 2 is 1.60 bits per heavy atom. The number of fused-ring (bicyclic) bond motifs is 1. The van der Waals surface area contributed by atoms with Crippen LogP contribution in [0, 0.1) is 5.92 Å². The largest absolute Gasteiger partial charge is 0.326 e. The topological polar surface area (TPSA) is 58.2 Å². The van der Waals surface area contributed by atoms with Crippen LogP contribution in [-0.4, -0.2) is 11.8 Å². The molecule has 0 radical (unpaired) electrons. The van der Waals surface area contributed by atoms with Crippen LogP contribution in [0.4, 0.5) is 11.4 Å². The third-order valence-corrected chi connectivity index (χ3v) is 5.77. The summed E-state index contributed by atoms with van der Waals surface area (Å²) in [5.74, 6) is -0.00992. The van der Waals surface area contributed by atoms with E-state index in [0.717, 1.165) is 28.6 Å². The maximum Gasteiger partial charge on any atom is 0.267 e. The summed E-state index contributed by atoms with van der Waals surface area (Å²) in [7, 11) is 0. The molecule has 1 fully saturated rings. The van der Waals surface area contributed by atoms with Crippen LogP contribution < -0.4 is 10.6 Å². The number of amides is 2. The molecular formula is C19H15ClN2O2S. The summed E-state index contributed by atoms with van der Waals surface area (Å²) in [6.45, 7) is 0. The standard InChI is InChI=1S/C19H15ClN2O2S/c20-16-14-3-1-2-4-15(14)25-17(16)19(24)22-13-9-7-12(8-10-13)21-18(23)11-5-6-11/h1-4,7-11H,5-6H2,(H,21,23)(H,22,24). The smallest absolute Gasteiger partial charge is 0.267 e. The normalized spacial score (nSPS) is 13.6. The van der Waals surface area contributed by atoms with Crippen LogP contribution >= 0.6 is 22.9 Å². The maximum absolute atomic E-state index is 12.5. The molecule has 1 aliphatic carbocycles. The molecule has 0 spiro atoms. The molecule has 4 rings (SSSR count). The quantitative estimate of drug-likeness (QED) is 0.666. The lowest BCUT2D eigenvalue weighted by Crippen LogP contribution is -2.13. The zero-order chi connectivity index (χ0) is 17.4. The Balaban J connectivity index is 1.48. The Labute approximate surface area is 153 Å². The van der Waals surface area contributed by atoms with Gasteiger partial charge in [0.05, 0.1) is 5.02 Å². The molecule has 3 aromatic rings. The molecule has 4 nitrogen and oxygen atoms in total. The van der Waals surface area contributed by atoms with E-state index >= 15 is 0 Å². The lowest BCUT2D eigenvalue weighted by molar-refractivity contribution is -0.117. The monoisotopic (exact) mass is 370 g/mol. The van der Waals surface area contributed by atoms with E-state index < -0.39 is 0 Å². The highest BCUT2D eigenvalue weighted by Gasteiger charge is 2.29. The van der Waals surface area contributed by atoms with Crippen LogP contribution in [-0.2, 0) is 4.79 Å². The molecule has 25 heavy (non-hydrogen) atoms. The van der Waals surface area contributed by atoms with E-state index in [1.807, 2.05) is 24.3 Å². The van der Waals surface area contributed by atoms with Gasteiger partial charge < -0.3 is 10.6 Å². The molecule has 0 unspecified atom stereocenters. The average Bonchev–Trinajstić information content (AvgIpc) is 3.41. The number of anilines is 2. The van der Waals surface area contributed by atoms with Crippen molar-refractivity contribution in [3.05, 3.63) is 58.4 Å². The summed E-state index contributed by atoms with van der Waals surface area (Å²) < 4.78 is 0.982. The molecule has 1 saturated carbocycles. The highest BCUT2D eigenvalue weighted by molar-refractivity contribution is 7.21. The zero-order valence-corrected chi connectivity index (χ0v) is 14.8. The first-order valence-corrected chi connectivity index (χ1v) is 9.20. The van der Waals surface area contributed by atoms with E-state index in [-0.39, 0.29) is 17.7 Å². The molecule has 1 aliphatic rings. The van der Waals surface area contributed by atoms with Crippen molar-refractivity contribution in [3.63, 3.8) is 0 Å². The minimum absolute atomic E-state index is 0.0637. The minimum atomic E-state index is -0.235. The molecule has 2 aromatic carbocycles. The molecule has 0 aliphatic heterocycles. The number of thiophene rings is 1. The van der Waals surface area contributed by atoms with Gasteiger partial charge in [-0.2, -0.15) is 0 Å². The number of carbonyl (C=O) groups excluding carboxylic acids is 2. The third-order valence-electron chi connectivity index (χ3n) is 4.10. The van der Waals surface area contributed by atoms with Crippen LogP contribution in [0.15, 0.2) is 48.5 Å². The Kier molecular flexibility index (Phi) is 4.19. The molecular weight excluding hydrogens is 356 g/mol. The van der Waals surface area contributed by atoms with Gasteiger partial charge in [0.1, 0.15) is 4.88 Å². The molecule has 0 saturated heterocycles. The Morgan fingerprint density at radius 3 is 2.24 bits per heavy atom. The average molecular weight is 371 g/mol. The van der Waals surface area contributed by atoms with Gasteiger partial charge >= 0.3 is 0 Å². The predicted molar refractivity (Wildman–Crippen MR) is 103 cm³/mol. The second-order valence-electron chi connectivity index (χ2n) is 6.04. The third kappa shape index (κ3) is 3.38. The van der Waals surface area contributed by atoms with Crippen LogP contribution in [0.2, 0.25) is 5.02 Å². The number of benzene rings is 2. The van der Waals surface area contributed by atoms with Gasteiger partial charge in [0.15, 0.2) is 0 Å². The van der Waals surface area contributed by atoms with E-state index in [1.54, 1.807) is 24.3 Å². The van der Waals surface area contributed by atoms with Crippen molar-refractivity contribution in [3.8, 4) is 0 Å². The van der Waals surface area contributed by atoms with E-state index in [1.165, 1.54) is 11.3 Å². The lowest BCUT2D eigenvalue weighted by Gasteiger charge is -2.07. The predicted octanol–water partition coefficient (Wildman–Crippen LogP) is 5.16. The first kappa shape index (κ1) is 16.1. The van der Waals surface area contributed by atoms with Gasteiger partial charge in [-0.1, -0.05) is 29.8 Å². The number of rotatable bonds is 4. The van der Waals surface area contributed by atoms with Gasteiger partial charge in [-0.15, -0.1) is 11.3 Å². The van der Waals surface area contributed by atoms with E-state index in [2.05, 4.69) is 10.6 Å². The van der Waals surface area contributed by atoms with Crippen molar-refractivity contribution in [2.45, 2.75) is 12.8 Å². The maximum atomic E-state index is 12.5. The van der Waals surface area contributed by atoms with Crippen molar-refractivity contribution < 1.29 is 9.59 Å². The second-order valence-corrected chi connectivity index (χ2v) is 7.47. The van der Waals surface area contributed by atoms with Crippen LogP contribution in [0.3, 0.4) is 0 Å². The first-order valence-electron chi connectivity index (χ1n) is 8.01. The Hall–Kier alpha value is -2.37. The molecule has 2 amide bonds. The lowest BCUT2D eigenvalue weighted by atomic mass is 10.2. The van der Waals surface area contributed by atoms with Crippen molar-refractivity contribution >= 4 is 56.2 Å². The highest BCUT2D eigenvalue weighted by Crippen LogP contribution is 2.35. The summed E-state index contributed by atoms with van der Waals surface area (Å²) in [5.41, 5.74) is 1.39. The number of halogens is 1. The fourth-order valence-electron chi connectivity index (χ4n) is 2.57.